The quantitative estimate of drug-likeness (QED) is 0.173. The van der Waals surface area contributed by atoms with Crippen molar-refractivity contribution >= 4 is 33.2 Å². The molecule has 1 aliphatic carbocycles. The van der Waals surface area contributed by atoms with Crippen LogP contribution in [0.3, 0.4) is 0 Å². The van der Waals surface area contributed by atoms with E-state index in [1.807, 2.05) is 0 Å². The molecule has 0 bridgehead atoms. The molecule has 1 atom stereocenters. The molecule has 10 rings (SSSR count). The lowest BCUT2D eigenvalue weighted by Gasteiger charge is -2.34. The fourth-order valence-corrected chi connectivity index (χ4v) is 9.28. The number of para-hydroxylation sites is 1. The fourth-order valence-electron chi connectivity index (χ4n) is 9.28. The van der Waals surface area contributed by atoms with Gasteiger partial charge in [-0.25, -0.2) is 0 Å². The lowest BCUT2D eigenvalue weighted by Crippen LogP contribution is -2.27. The molecular weight excluding hydrogens is 679 g/mol. The summed E-state index contributed by atoms with van der Waals surface area (Å²) in [6, 6.07) is 55.9. The molecule has 3 nitrogen and oxygen atoms in total. The summed E-state index contributed by atoms with van der Waals surface area (Å²) in [7, 11) is 2.18. The van der Waals surface area contributed by atoms with Gasteiger partial charge in [-0.1, -0.05) is 135 Å². The third-order valence-electron chi connectivity index (χ3n) is 12.3. The van der Waals surface area contributed by atoms with E-state index in [2.05, 4.69) is 209 Å². The largest absolute Gasteiger partial charge is 0.349 e. The van der Waals surface area contributed by atoms with Crippen LogP contribution in [0, 0.1) is 20.8 Å². The van der Waals surface area contributed by atoms with Crippen LogP contribution in [0.4, 0.5) is 0 Å². The van der Waals surface area contributed by atoms with Crippen LogP contribution in [0.5, 0.6) is 0 Å². The molecule has 1 aliphatic heterocycles. The minimum atomic E-state index is -0.202. The third-order valence-corrected chi connectivity index (χ3v) is 12.3. The average molecular weight is 724 g/mol. The van der Waals surface area contributed by atoms with Crippen LogP contribution < -0.4 is 0 Å². The first kappa shape index (κ1) is 34.1. The maximum atomic E-state index is 5.42. The van der Waals surface area contributed by atoms with Crippen molar-refractivity contribution in [2.75, 3.05) is 7.05 Å². The Labute approximate surface area is 329 Å². The summed E-state index contributed by atoms with van der Waals surface area (Å²) in [6.45, 7) is 11.4. The monoisotopic (exact) mass is 723 g/mol. The molecule has 1 aromatic heterocycles. The molecule has 272 valence electrons. The standard InChI is InChI=1S/C53H45N3/c1-33-19-25-41-45-31-44(35(3)29-47(45)53(4,5)46(41)27-33)38-15-12-16-39(30-38)50-32-48(36-13-8-7-9-14-36)54-52(55(50)6)37-21-23-40(24-22-37)56-49-18-11-10-17-42(49)43-26-20-34(2)28-51(43)56/h7-32,52H,1-6H3. The number of fused-ring (bicyclic) bond motifs is 6. The van der Waals surface area contributed by atoms with E-state index in [9.17, 15) is 0 Å². The lowest BCUT2D eigenvalue weighted by atomic mass is 9.81. The van der Waals surface area contributed by atoms with Gasteiger partial charge < -0.3 is 9.47 Å². The Morgan fingerprint density at radius 3 is 2.04 bits per heavy atom. The number of hydrogen-bond acceptors (Lipinski definition) is 2. The number of hydrogen-bond donors (Lipinski definition) is 0. The van der Waals surface area contributed by atoms with E-state index >= 15 is 0 Å². The van der Waals surface area contributed by atoms with E-state index in [1.54, 1.807) is 0 Å². The van der Waals surface area contributed by atoms with Crippen molar-refractivity contribution in [2.24, 2.45) is 4.99 Å². The van der Waals surface area contributed by atoms with E-state index in [1.165, 1.54) is 77.4 Å². The Hall–Kier alpha value is -6.45. The van der Waals surface area contributed by atoms with Crippen LogP contribution >= 0.6 is 0 Å². The fraction of sp³-hybridized carbons (Fsp3) is 0.151. The maximum Gasteiger partial charge on any atom is 0.147 e. The zero-order valence-electron chi connectivity index (χ0n) is 32.9. The van der Waals surface area contributed by atoms with Crippen LogP contribution in [-0.4, -0.2) is 22.2 Å². The topological polar surface area (TPSA) is 20.5 Å². The average Bonchev–Trinajstić information content (AvgIpc) is 3.65. The molecule has 2 aliphatic rings. The van der Waals surface area contributed by atoms with E-state index in [0.717, 1.165) is 28.2 Å². The summed E-state index contributed by atoms with van der Waals surface area (Å²) in [5.74, 6) is 0. The van der Waals surface area contributed by atoms with Crippen LogP contribution in [0.15, 0.2) is 163 Å². The normalized spacial score (nSPS) is 15.8. The summed E-state index contributed by atoms with van der Waals surface area (Å²) in [4.78, 5) is 7.75. The van der Waals surface area contributed by atoms with Crippen molar-refractivity contribution in [3.05, 3.63) is 202 Å². The van der Waals surface area contributed by atoms with Crippen LogP contribution in [0.25, 0.3) is 55.4 Å². The van der Waals surface area contributed by atoms with E-state index in [4.69, 9.17) is 4.99 Å². The summed E-state index contributed by atoms with van der Waals surface area (Å²) in [5.41, 5.74) is 21.0. The predicted octanol–water partition coefficient (Wildman–Crippen LogP) is 13.2. The van der Waals surface area contributed by atoms with Gasteiger partial charge in [-0.2, -0.15) is 0 Å². The first-order chi connectivity index (χ1) is 27.2. The number of allylic oxidation sites excluding steroid dienone is 1. The maximum absolute atomic E-state index is 5.42. The van der Waals surface area contributed by atoms with Gasteiger partial charge in [0.15, 0.2) is 0 Å². The lowest BCUT2D eigenvalue weighted by molar-refractivity contribution is 0.364. The molecule has 7 aromatic carbocycles. The molecule has 56 heavy (non-hydrogen) atoms. The van der Waals surface area contributed by atoms with E-state index < -0.39 is 0 Å². The SMILES string of the molecule is Cc1ccc2c(c1)C(C)(C)c1cc(C)c(-c3cccc(C4=CC(c5ccccc5)=NC(c5ccc(-n6c7ccccc7c7ccc(C)cc76)cc5)N4C)c3)cc1-2. The van der Waals surface area contributed by atoms with Gasteiger partial charge in [0.25, 0.3) is 0 Å². The molecule has 8 aromatic rings. The second kappa shape index (κ2) is 12.8. The van der Waals surface area contributed by atoms with Crippen molar-refractivity contribution in [1.29, 1.82) is 0 Å². The summed E-state index contributed by atoms with van der Waals surface area (Å²) >= 11 is 0. The summed E-state index contributed by atoms with van der Waals surface area (Å²) in [5, 5.41) is 2.54. The summed E-state index contributed by atoms with van der Waals surface area (Å²) in [6.07, 6.45) is 2.06. The van der Waals surface area contributed by atoms with Gasteiger partial charge in [-0.3, -0.25) is 4.99 Å². The van der Waals surface area contributed by atoms with Crippen molar-refractivity contribution < 1.29 is 0 Å². The van der Waals surface area contributed by atoms with Crippen LogP contribution in [-0.2, 0) is 5.41 Å². The van der Waals surface area contributed by atoms with Gasteiger partial charge in [0, 0.05) is 34.6 Å². The minimum absolute atomic E-state index is 0.0275. The van der Waals surface area contributed by atoms with E-state index in [-0.39, 0.29) is 11.6 Å². The highest BCUT2D eigenvalue weighted by Gasteiger charge is 2.36. The van der Waals surface area contributed by atoms with Crippen molar-refractivity contribution in [1.82, 2.24) is 9.47 Å². The molecule has 0 saturated carbocycles. The molecular formula is C53H45N3. The Kier molecular flexibility index (Phi) is 7.80. The second-order valence-electron chi connectivity index (χ2n) is 16.3. The van der Waals surface area contributed by atoms with E-state index in [0.29, 0.717) is 0 Å². The number of aryl methyl sites for hydroxylation is 3. The van der Waals surface area contributed by atoms with Crippen molar-refractivity contribution in [2.45, 2.75) is 46.2 Å². The molecule has 3 heteroatoms. The second-order valence-corrected chi connectivity index (χ2v) is 16.3. The molecule has 0 N–H and O–H groups in total. The van der Waals surface area contributed by atoms with Crippen molar-refractivity contribution in [3.63, 3.8) is 0 Å². The number of benzene rings is 7. The Morgan fingerprint density at radius 1 is 0.536 bits per heavy atom. The minimum Gasteiger partial charge on any atom is -0.349 e. The smallest absolute Gasteiger partial charge is 0.147 e. The highest BCUT2D eigenvalue weighted by molar-refractivity contribution is 6.13. The van der Waals surface area contributed by atoms with Crippen LogP contribution in [0.2, 0.25) is 0 Å². The van der Waals surface area contributed by atoms with Gasteiger partial charge in [-0.15, -0.1) is 0 Å². The predicted molar refractivity (Wildman–Crippen MR) is 236 cm³/mol. The van der Waals surface area contributed by atoms with Gasteiger partial charge in [-0.05, 0) is 124 Å². The zero-order valence-corrected chi connectivity index (χ0v) is 32.9. The molecule has 2 heterocycles. The van der Waals surface area contributed by atoms with Gasteiger partial charge >= 0.3 is 0 Å². The number of rotatable bonds is 5. The number of aromatic nitrogens is 1. The number of aliphatic imine (C=N–C) groups is 1. The van der Waals surface area contributed by atoms with Crippen LogP contribution in [0.1, 0.15) is 64.5 Å². The highest BCUT2D eigenvalue weighted by atomic mass is 15.2. The zero-order chi connectivity index (χ0) is 38.3. The molecule has 0 radical (unpaired) electrons. The highest BCUT2D eigenvalue weighted by Crippen LogP contribution is 2.51. The molecule has 0 fully saturated rings. The van der Waals surface area contributed by atoms with Gasteiger partial charge in [0.1, 0.15) is 6.17 Å². The Morgan fingerprint density at radius 2 is 1.21 bits per heavy atom. The molecule has 0 saturated heterocycles. The Bertz CT molecular complexity index is 2920. The molecule has 0 spiro atoms. The summed E-state index contributed by atoms with van der Waals surface area (Å²) < 4.78 is 2.39. The molecule has 0 amide bonds. The third kappa shape index (κ3) is 5.37. The first-order valence-electron chi connectivity index (χ1n) is 19.7. The van der Waals surface area contributed by atoms with Gasteiger partial charge in [0.2, 0.25) is 0 Å². The first-order valence-corrected chi connectivity index (χ1v) is 19.7. The van der Waals surface area contributed by atoms with Crippen molar-refractivity contribution in [3.8, 4) is 27.9 Å². The number of nitrogens with zero attached hydrogens (tertiary/aromatic N) is 3. The van der Waals surface area contributed by atoms with Gasteiger partial charge in [0.05, 0.1) is 16.7 Å². The molecule has 1 unspecified atom stereocenters. The Balaban J connectivity index is 1.05.